The first-order valence-electron chi connectivity index (χ1n) is 10.5. The Morgan fingerprint density at radius 1 is 1.03 bits per heavy atom. The number of amides is 1. The molecule has 1 aromatic heterocycles. The molecule has 170 valence electrons. The van der Waals surface area contributed by atoms with E-state index in [1.807, 2.05) is 48.7 Å². The molecule has 0 saturated heterocycles. The fraction of sp³-hybridized carbons (Fsp3) is 0.192. The molecule has 7 heteroatoms. The molecule has 1 heterocycles. The zero-order valence-corrected chi connectivity index (χ0v) is 19.1. The van der Waals surface area contributed by atoms with E-state index in [1.165, 1.54) is 12.1 Å². The van der Waals surface area contributed by atoms with Crippen LogP contribution in [0.15, 0.2) is 66.9 Å². The Morgan fingerprint density at radius 2 is 1.82 bits per heavy atom. The van der Waals surface area contributed by atoms with Gasteiger partial charge in [0, 0.05) is 45.7 Å². The summed E-state index contributed by atoms with van der Waals surface area (Å²) in [5.41, 5.74) is 3.04. The molecule has 4 rings (SSSR count). The number of benzene rings is 3. The van der Waals surface area contributed by atoms with Crippen molar-refractivity contribution in [1.29, 1.82) is 0 Å². The van der Waals surface area contributed by atoms with Gasteiger partial charge in [-0.3, -0.25) is 4.79 Å². The van der Waals surface area contributed by atoms with Crippen molar-refractivity contribution in [1.82, 2.24) is 10.3 Å². The van der Waals surface area contributed by atoms with Crippen molar-refractivity contribution in [3.63, 3.8) is 0 Å². The largest absolute Gasteiger partial charge is 0.493 e. The second kappa shape index (κ2) is 9.96. The number of halogens is 2. The number of aromatic amines is 1. The molecule has 4 aromatic rings. The zero-order valence-electron chi connectivity index (χ0n) is 18.3. The summed E-state index contributed by atoms with van der Waals surface area (Å²) in [6, 6.07) is 18.0. The van der Waals surface area contributed by atoms with Gasteiger partial charge in [-0.25, -0.2) is 4.39 Å². The van der Waals surface area contributed by atoms with Gasteiger partial charge in [0.2, 0.25) is 5.91 Å². The lowest BCUT2D eigenvalue weighted by Crippen LogP contribution is -2.30. The molecule has 0 aliphatic carbocycles. The number of hydrogen-bond acceptors (Lipinski definition) is 3. The van der Waals surface area contributed by atoms with E-state index in [-0.39, 0.29) is 35.4 Å². The Hall–Kier alpha value is -3.51. The zero-order chi connectivity index (χ0) is 23.4. The summed E-state index contributed by atoms with van der Waals surface area (Å²) in [4.78, 5) is 16.1. The maximum Gasteiger partial charge on any atom is 0.224 e. The third kappa shape index (κ3) is 4.66. The molecule has 1 atom stereocenters. The lowest BCUT2D eigenvalue weighted by molar-refractivity contribution is -0.120. The molecule has 3 aromatic carbocycles. The van der Waals surface area contributed by atoms with Gasteiger partial charge in [-0.1, -0.05) is 48.0 Å². The van der Waals surface area contributed by atoms with Crippen LogP contribution in [0.1, 0.15) is 22.6 Å². The summed E-state index contributed by atoms with van der Waals surface area (Å²) in [5.74, 6) is 0.131. The van der Waals surface area contributed by atoms with Gasteiger partial charge < -0.3 is 19.8 Å². The fourth-order valence-electron chi connectivity index (χ4n) is 4.10. The van der Waals surface area contributed by atoms with Crippen LogP contribution in [-0.2, 0) is 11.2 Å². The van der Waals surface area contributed by atoms with Crippen LogP contribution in [0, 0.1) is 5.82 Å². The normalized spacial score (nSPS) is 11.9. The molecule has 0 bridgehead atoms. The number of fused-ring (bicyclic) bond motifs is 1. The molecule has 0 saturated carbocycles. The van der Waals surface area contributed by atoms with Crippen LogP contribution in [0.3, 0.4) is 0 Å². The van der Waals surface area contributed by atoms with Crippen molar-refractivity contribution in [2.45, 2.75) is 12.3 Å². The summed E-state index contributed by atoms with van der Waals surface area (Å²) in [6.45, 7) is 0.274. The fourth-order valence-corrected chi connectivity index (χ4v) is 4.33. The number of carbonyl (C=O) groups is 1. The highest BCUT2D eigenvalue weighted by Gasteiger charge is 2.24. The van der Waals surface area contributed by atoms with Crippen molar-refractivity contribution in [3.8, 4) is 11.5 Å². The Labute approximate surface area is 196 Å². The van der Waals surface area contributed by atoms with Crippen molar-refractivity contribution in [2.24, 2.45) is 0 Å². The smallest absolute Gasteiger partial charge is 0.224 e. The predicted octanol–water partition coefficient (Wildman–Crippen LogP) is 5.47. The lowest BCUT2D eigenvalue weighted by Gasteiger charge is -2.22. The second-order valence-electron chi connectivity index (χ2n) is 7.61. The maximum atomic E-state index is 14.2. The van der Waals surface area contributed by atoms with Crippen molar-refractivity contribution < 1.29 is 18.7 Å². The first kappa shape index (κ1) is 22.7. The molecule has 0 aliphatic heterocycles. The van der Waals surface area contributed by atoms with Gasteiger partial charge in [0.15, 0.2) is 11.5 Å². The quantitative estimate of drug-likeness (QED) is 0.362. The predicted molar refractivity (Wildman–Crippen MR) is 128 cm³/mol. The molecule has 1 amide bonds. The third-order valence-electron chi connectivity index (χ3n) is 5.71. The van der Waals surface area contributed by atoms with E-state index >= 15 is 0 Å². The molecule has 33 heavy (non-hydrogen) atoms. The minimum atomic E-state index is -0.500. The van der Waals surface area contributed by atoms with Crippen LogP contribution in [0.25, 0.3) is 10.9 Å². The summed E-state index contributed by atoms with van der Waals surface area (Å²) >= 11 is 6.10. The van der Waals surface area contributed by atoms with Crippen LogP contribution in [0.2, 0.25) is 5.02 Å². The van der Waals surface area contributed by atoms with Gasteiger partial charge >= 0.3 is 0 Å². The molecule has 0 aliphatic rings. The van der Waals surface area contributed by atoms with E-state index in [4.69, 9.17) is 21.1 Å². The molecule has 0 spiro atoms. The van der Waals surface area contributed by atoms with Crippen molar-refractivity contribution in [2.75, 3.05) is 20.8 Å². The number of aromatic nitrogens is 1. The van der Waals surface area contributed by atoms with Crippen molar-refractivity contribution >= 4 is 28.4 Å². The molecular weight excluding hydrogens is 443 g/mol. The summed E-state index contributed by atoms with van der Waals surface area (Å²) in [5, 5.41) is 4.22. The number of ether oxygens (including phenoxy) is 2. The molecule has 1 unspecified atom stereocenters. The number of rotatable bonds is 8. The minimum Gasteiger partial charge on any atom is -0.493 e. The molecule has 0 fully saturated rings. The monoisotopic (exact) mass is 466 g/mol. The summed E-state index contributed by atoms with van der Waals surface area (Å²) in [6.07, 6.45) is 1.79. The van der Waals surface area contributed by atoms with E-state index in [9.17, 15) is 9.18 Å². The van der Waals surface area contributed by atoms with E-state index in [1.54, 1.807) is 20.3 Å². The van der Waals surface area contributed by atoms with Gasteiger partial charge in [-0.05, 0) is 29.8 Å². The van der Waals surface area contributed by atoms with Crippen LogP contribution < -0.4 is 14.8 Å². The number of methoxy groups -OCH3 is 2. The topological polar surface area (TPSA) is 63.3 Å². The number of para-hydroxylation sites is 2. The van der Waals surface area contributed by atoms with Gasteiger partial charge in [0.1, 0.15) is 5.82 Å². The molecular formula is C26H24ClFN2O3. The van der Waals surface area contributed by atoms with E-state index in [2.05, 4.69) is 10.3 Å². The van der Waals surface area contributed by atoms with E-state index in [0.29, 0.717) is 11.5 Å². The van der Waals surface area contributed by atoms with Crippen molar-refractivity contribution in [3.05, 3.63) is 94.4 Å². The second-order valence-corrected chi connectivity index (χ2v) is 8.01. The van der Waals surface area contributed by atoms with Crippen LogP contribution in [0.5, 0.6) is 11.5 Å². The highest BCUT2D eigenvalue weighted by atomic mass is 35.5. The Bertz CT molecular complexity index is 1270. The van der Waals surface area contributed by atoms with Crippen LogP contribution >= 0.6 is 11.6 Å². The number of hydrogen-bond donors (Lipinski definition) is 2. The van der Waals surface area contributed by atoms with E-state index in [0.717, 1.165) is 22.0 Å². The number of H-pyrrole nitrogens is 1. The minimum absolute atomic E-state index is 0.151. The maximum absolute atomic E-state index is 14.2. The summed E-state index contributed by atoms with van der Waals surface area (Å²) < 4.78 is 25.3. The lowest BCUT2D eigenvalue weighted by atomic mass is 9.89. The average molecular weight is 467 g/mol. The third-order valence-corrected chi connectivity index (χ3v) is 6.06. The molecule has 0 radical (unpaired) electrons. The first-order valence-corrected chi connectivity index (χ1v) is 10.9. The van der Waals surface area contributed by atoms with Crippen LogP contribution in [0.4, 0.5) is 4.39 Å². The average Bonchev–Trinajstić information content (AvgIpc) is 3.25. The Morgan fingerprint density at radius 3 is 2.58 bits per heavy atom. The molecule has 5 nitrogen and oxygen atoms in total. The Kier molecular flexibility index (Phi) is 6.84. The highest BCUT2D eigenvalue weighted by Crippen LogP contribution is 2.40. The summed E-state index contributed by atoms with van der Waals surface area (Å²) in [7, 11) is 3.18. The van der Waals surface area contributed by atoms with Gasteiger partial charge in [-0.2, -0.15) is 0 Å². The number of nitrogens with one attached hydrogen (secondary N) is 2. The van der Waals surface area contributed by atoms with Gasteiger partial charge in [0.25, 0.3) is 0 Å². The van der Waals surface area contributed by atoms with Gasteiger partial charge in [-0.15, -0.1) is 0 Å². The number of carbonyl (C=O) groups excluding carboxylic acids is 1. The highest BCUT2D eigenvalue weighted by molar-refractivity contribution is 6.31. The Balaban J connectivity index is 1.68. The van der Waals surface area contributed by atoms with E-state index < -0.39 is 5.82 Å². The standard InChI is InChI=1S/C26H24ClFN2O3/c1-32-24-12-5-8-17(26(24)33-2)20(19-14-29-23-11-4-3-7-16(19)23)15-30-25(31)13-18-21(27)9-6-10-22(18)28/h3-12,14,20,29H,13,15H2,1-2H3,(H,30,31). The van der Waals surface area contributed by atoms with Crippen LogP contribution in [-0.4, -0.2) is 31.7 Å². The molecule has 2 N–H and O–H groups in total. The SMILES string of the molecule is COc1cccc(C(CNC(=O)Cc2c(F)cccc2Cl)c2c[nH]c3ccccc23)c1OC. The van der Waals surface area contributed by atoms with Gasteiger partial charge in [0.05, 0.1) is 20.6 Å². The first-order chi connectivity index (χ1) is 16.0.